The topological polar surface area (TPSA) is 90.3 Å². The molecule has 2 aromatic heterocycles. The lowest BCUT2D eigenvalue weighted by Crippen LogP contribution is -2.28. The van der Waals surface area contributed by atoms with Crippen molar-refractivity contribution in [3.8, 4) is 22.8 Å². The van der Waals surface area contributed by atoms with E-state index in [1.54, 1.807) is 41.5 Å². The van der Waals surface area contributed by atoms with Crippen molar-refractivity contribution in [3.05, 3.63) is 54.5 Å². The molecule has 0 fully saturated rings. The summed E-state index contributed by atoms with van der Waals surface area (Å²) in [4.78, 5) is 16.4. The number of aryl methyl sites for hydroxylation is 1. The summed E-state index contributed by atoms with van der Waals surface area (Å²) in [5.41, 5.74) is 3.43. The first kappa shape index (κ1) is 15.9. The molecule has 0 bridgehead atoms. The van der Waals surface area contributed by atoms with E-state index in [0.717, 1.165) is 16.8 Å². The van der Waals surface area contributed by atoms with Gasteiger partial charge in [-0.25, -0.2) is 4.79 Å². The highest BCUT2D eigenvalue weighted by Crippen LogP contribution is 2.34. The van der Waals surface area contributed by atoms with Crippen LogP contribution in [0.15, 0.2) is 48.9 Å². The lowest BCUT2D eigenvalue weighted by Gasteiger charge is -2.09. The van der Waals surface area contributed by atoms with Crippen molar-refractivity contribution >= 4 is 11.7 Å². The molecular formula is C18H17N5O3. The SMILES string of the molecule is Cn1nccc1-c1cncc(CNC(=O)Nc2ccc3c(c2)OCO3)c1. The fourth-order valence-electron chi connectivity index (χ4n) is 2.71. The van der Waals surface area contributed by atoms with Crippen LogP contribution in [0.2, 0.25) is 0 Å². The number of carbonyl (C=O) groups is 1. The first-order chi connectivity index (χ1) is 12.7. The Kier molecular flexibility index (Phi) is 4.14. The molecule has 0 aliphatic carbocycles. The van der Waals surface area contributed by atoms with Crippen molar-refractivity contribution < 1.29 is 14.3 Å². The molecule has 132 valence electrons. The predicted molar refractivity (Wildman–Crippen MR) is 94.9 cm³/mol. The zero-order valence-electron chi connectivity index (χ0n) is 14.1. The fourth-order valence-corrected chi connectivity index (χ4v) is 2.71. The third-order valence-electron chi connectivity index (χ3n) is 4.00. The van der Waals surface area contributed by atoms with Gasteiger partial charge in [0.1, 0.15) is 0 Å². The summed E-state index contributed by atoms with van der Waals surface area (Å²) in [6.07, 6.45) is 5.23. The van der Waals surface area contributed by atoms with E-state index in [4.69, 9.17) is 9.47 Å². The van der Waals surface area contributed by atoms with E-state index in [0.29, 0.717) is 23.7 Å². The maximum atomic E-state index is 12.1. The third-order valence-corrected chi connectivity index (χ3v) is 4.00. The number of urea groups is 1. The van der Waals surface area contributed by atoms with Gasteiger partial charge in [0, 0.05) is 49.5 Å². The third kappa shape index (κ3) is 3.30. The first-order valence-electron chi connectivity index (χ1n) is 8.06. The van der Waals surface area contributed by atoms with Gasteiger partial charge in [-0.15, -0.1) is 0 Å². The lowest BCUT2D eigenvalue weighted by atomic mass is 10.1. The van der Waals surface area contributed by atoms with Gasteiger partial charge in [0.05, 0.1) is 5.69 Å². The van der Waals surface area contributed by atoms with Gasteiger partial charge in [-0.2, -0.15) is 5.10 Å². The number of pyridine rings is 1. The van der Waals surface area contributed by atoms with E-state index in [2.05, 4.69) is 20.7 Å². The number of rotatable bonds is 4. The van der Waals surface area contributed by atoms with Crippen molar-refractivity contribution in [2.75, 3.05) is 12.1 Å². The highest BCUT2D eigenvalue weighted by molar-refractivity contribution is 5.89. The Morgan fingerprint density at radius 1 is 1.19 bits per heavy atom. The van der Waals surface area contributed by atoms with Crippen molar-refractivity contribution in [3.63, 3.8) is 0 Å². The molecule has 4 rings (SSSR count). The van der Waals surface area contributed by atoms with Gasteiger partial charge in [0.25, 0.3) is 0 Å². The molecule has 2 amide bonds. The number of amides is 2. The summed E-state index contributed by atoms with van der Waals surface area (Å²) < 4.78 is 12.3. The van der Waals surface area contributed by atoms with Crippen molar-refractivity contribution in [2.45, 2.75) is 6.54 Å². The Balaban J connectivity index is 1.38. The molecule has 3 aromatic rings. The molecule has 8 nitrogen and oxygen atoms in total. The molecule has 1 aliphatic rings. The quantitative estimate of drug-likeness (QED) is 0.754. The van der Waals surface area contributed by atoms with E-state index >= 15 is 0 Å². The van der Waals surface area contributed by atoms with Gasteiger partial charge in [0.2, 0.25) is 6.79 Å². The number of fused-ring (bicyclic) bond motifs is 1. The number of nitrogens with zero attached hydrogens (tertiary/aromatic N) is 3. The Bertz CT molecular complexity index is 954. The van der Waals surface area contributed by atoms with Crippen molar-refractivity contribution in [2.24, 2.45) is 7.05 Å². The summed E-state index contributed by atoms with van der Waals surface area (Å²) in [6.45, 7) is 0.556. The van der Waals surface area contributed by atoms with Crippen LogP contribution in [0.3, 0.4) is 0 Å². The van der Waals surface area contributed by atoms with Gasteiger partial charge < -0.3 is 20.1 Å². The normalized spacial score (nSPS) is 12.0. The van der Waals surface area contributed by atoms with E-state index in [1.807, 2.05) is 19.2 Å². The molecule has 26 heavy (non-hydrogen) atoms. The number of hydrogen-bond donors (Lipinski definition) is 2. The minimum Gasteiger partial charge on any atom is -0.454 e. The van der Waals surface area contributed by atoms with Crippen LogP contribution in [0.4, 0.5) is 10.5 Å². The van der Waals surface area contributed by atoms with E-state index in [9.17, 15) is 4.79 Å². The van der Waals surface area contributed by atoms with Crippen LogP contribution in [0.1, 0.15) is 5.56 Å². The van der Waals surface area contributed by atoms with Crippen LogP contribution in [-0.4, -0.2) is 27.6 Å². The number of hydrogen-bond acceptors (Lipinski definition) is 5. The average Bonchev–Trinajstić information content (AvgIpc) is 3.28. The Hall–Kier alpha value is -3.55. The molecule has 0 unspecified atom stereocenters. The second kappa shape index (κ2) is 6.75. The van der Waals surface area contributed by atoms with E-state index in [1.165, 1.54) is 0 Å². The van der Waals surface area contributed by atoms with Crippen molar-refractivity contribution in [1.29, 1.82) is 0 Å². The van der Waals surface area contributed by atoms with Crippen LogP contribution >= 0.6 is 0 Å². The van der Waals surface area contributed by atoms with Crippen LogP contribution < -0.4 is 20.1 Å². The lowest BCUT2D eigenvalue weighted by molar-refractivity contribution is 0.174. The molecule has 0 spiro atoms. The van der Waals surface area contributed by atoms with Crippen LogP contribution in [0, 0.1) is 0 Å². The summed E-state index contributed by atoms with van der Waals surface area (Å²) in [7, 11) is 1.87. The summed E-state index contributed by atoms with van der Waals surface area (Å²) >= 11 is 0. The number of anilines is 1. The molecule has 1 aromatic carbocycles. The summed E-state index contributed by atoms with van der Waals surface area (Å²) in [5.74, 6) is 1.30. The zero-order valence-corrected chi connectivity index (χ0v) is 14.1. The molecule has 8 heteroatoms. The minimum atomic E-state index is -0.310. The van der Waals surface area contributed by atoms with Gasteiger partial charge in [-0.05, 0) is 29.8 Å². The number of ether oxygens (including phenoxy) is 2. The molecule has 0 saturated carbocycles. The molecular weight excluding hydrogens is 334 g/mol. The van der Waals surface area contributed by atoms with E-state index in [-0.39, 0.29) is 12.8 Å². The van der Waals surface area contributed by atoms with Crippen LogP contribution in [-0.2, 0) is 13.6 Å². The second-order valence-corrected chi connectivity index (χ2v) is 5.80. The van der Waals surface area contributed by atoms with Crippen molar-refractivity contribution in [1.82, 2.24) is 20.1 Å². The highest BCUT2D eigenvalue weighted by atomic mass is 16.7. The number of carbonyl (C=O) groups excluding carboxylic acids is 1. The molecule has 3 heterocycles. The Labute approximate surface area is 149 Å². The fraction of sp³-hybridized carbons (Fsp3) is 0.167. The summed E-state index contributed by atoms with van der Waals surface area (Å²) in [6, 6.07) is 8.84. The maximum absolute atomic E-state index is 12.1. The Morgan fingerprint density at radius 3 is 2.92 bits per heavy atom. The molecule has 0 atom stereocenters. The summed E-state index contributed by atoms with van der Waals surface area (Å²) in [5, 5.41) is 9.75. The minimum absolute atomic E-state index is 0.199. The average molecular weight is 351 g/mol. The first-order valence-corrected chi connectivity index (χ1v) is 8.06. The zero-order chi connectivity index (χ0) is 17.9. The van der Waals surface area contributed by atoms with Gasteiger partial charge in [-0.1, -0.05) is 0 Å². The molecule has 2 N–H and O–H groups in total. The smallest absolute Gasteiger partial charge is 0.319 e. The molecule has 0 saturated heterocycles. The second-order valence-electron chi connectivity index (χ2n) is 5.80. The largest absolute Gasteiger partial charge is 0.454 e. The molecule has 0 radical (unpaired) electrons. The standard InChI is InChI=1S/C18H17N5O3/c1-23-15(4-5-21-23)13-6-12(8-19-10-13)9-20-18(24)22-14-2-3-16-17(7-14)26-11-25-16/h2-8,10H,9,11H2,1H3,(H2,20,22,24). The Morgan fingerprint density at radius 2 is 2.08 bits per heavy atom. The number of benzene rings is 1. The van der Waals surface area contributed by atoms with E-state index < -0.39 is 0 Å². The monoisotopic (exact) mass is 351 g/mol. The highest BCUT2D eigenvalue weighted by Gasteiger charge is 2.14. The predicted octanol–water partition coefficient (Wildman–Crippen LogP) is 2.53. The van der Waals surface area contributed by atoms with Gasteiger partial charge in [-0.3, -0.25) is 9.67 Å². The van der Waals surface area contributed by atoms with Gasteiger partial charge in [0.15, 0.2) is 11.5 Å². The number of nitrogens with one attached hydrogen (secondary N) is 2. The van der Waals surface area contributed by atoms with Gasteiger partial charge >= 0.3 is 6.03 Å². The molecule has 1 aliphatic heterocycles. The van der Waals surface area contributed by atoms with Crippen LogP contribution in [0.5, 0.6) is 11.5 Å². The van der Waals surface area contributed by atoms with Crippen LogP contribution in [0.25, 0.3) is 11.3 Å². The number of aromatic nitrogens is 3. The maximum Gasteiger partial charge on any atom is 0.319 e.